The van der Waals surface area contributed by atoms with Gasteiger partial charge >= 0.3 is 0 Å². The van der Waals surface area contributed by atoms with Crippen LogP contribution in [0.2, 0.25) is 0 Å². The molecule has 0 saturated carbocycles. The molecule has 4 aromatic carbocycles. The minimum Gasteiger partial charge on any atom is -0.492 e. The summed E-state index contributed by atoms with van der Waals surface area (Å²) in [5.74, 6) is 0.592. The fourth-order valence-corrected chi connectivity index (χ4v) is 4.26. The molecule has 0 bridgehead atoms. The largest absolute Gasteiger partial charge is 0.492 e. The summed E-state index contributed by atoms with van der Waals surface area (Å²) in [6.07, 6.45) is 0.780. The van der Waals surface area contributed by atoms with Gasteiger partial charge in [-0.1, -0.05) is 54.6 Å². The van der Waals surface area contributed by atoms with Crippen molar-refractivity contribution in [3.63, 3.8) is 0 Å². The van der Waals surface area contributed by atoms with Crippen molar-refractivity contribution in [2.24, 2.45) is 0 Å². The molecular formula is C30H26BrN3O4S. The van der Waals surface area contributed by atoms with Crippen LogP contribution in [-0.2, 0) is 11.2 Å². The van der Waals surface area contributed by atoms with Crippen LogP contribution in [0.4, 0.5) is 11.4 Å². The maximum Gasteiger partial charge on any atom is 0.262 e. The molecule has 7 nitrogen and oxygen atoms in total. The van der Waals surface area contributed by atoms with Crippen molar-refractivity contribution < 1.29 is 19.1 Å². The van der Waals surface area contributed by atoms with Crippen LogP contribution in [0.25, 0.3) is 0 Å². The van der Waals surface area contributed by atoms with Crippen LogP contribution in [0.5, 0.6) is 11.5 Å². The van der Waals surface area contributed by atoms with Crippen molar-refractivity contribution in [1.82, 2.24) is 5.32 Å². The zero-order valence-electron chi connectivity index (χ0n) is 20.9. The van der Waals surface area contributed by atoms with E-state index in [1.807, 2.05) is 36.4 Å². The topological polar surface area (TPSA) is 88.7 Å². The zero-order valence-corrected chi connectivity index (χ0v) is 23.3. The lowest BCUT2D eigenvalue weighted by Gasteiger charge is -2.13. The lowest BCUT2D eigenvalue weighted by Crippen LogP contribution is -2.34. The van der Waals surface area contributed by atoms with Crippen molar-refractivity contribution in [3.05, 3.63) is 119 Å². The smallest absolute Gasteiger partial charge is 0.262 e. The highest BCUT2D eigenvalue weighted by molar-refractivity contribution is 9.10. The Labute approximate surface area is 240 Å². The minimum atomic E-state index is -0.369. The van der Waals surface area contributed by atoms with E-state index in [1.54, 1.807) is 54.6 Å². The number of benzene rings is 4. The number of ether oxygens (including phenoxy) is 2. The SMILES string of the molecule is O=C(COc1ccccc1)Nc1cccc(NC(=S)NC(=O)c2ccc(OCCc3ccccc3)c(Br)c2)c1. The molecule has 0 fully saturated rings. The first kappa shape index (κ1) is 27.8. The number of para-hydroxylation sites is 1. The third-order valence-corrected chi connectivity index (χ3v) is 6.25. The third kappa shape index (κ3) is 8.94. The second-order valence-electron chi connectivity index (χ2n) is 8.37. The Morgan fingerprint density at radius 1 is 0.769 bits per heavy atom. The van der Waals surface area contributed by atoms with Crippen LogP contribution in [0.15, 0.2) is 108 Å². The van der Waals surface area contributed by atoms with E-state index in [0.29, 0.717) is 39.5 Å². The van der Waals surface area contributed by atoms with Crippen LogP contribution in [-0.4, -0.2) is 30.1 Å². The van der Waals surface area contributed by atoms with E-state index >= 15 is 0 Å². The normalized spacial score (nSPS) is 10.3. The highest BCUT2D eigenvalue weighted by atomic mass is 79.9. The van der Waals surface area contributed by atoms with Crippen molar-refractivity contribution in [3.8, 4) is 11.5 Å². The Morgan fingerprint density at radius 3 is 2.18 bits per heavy atom. The van der Waals surface area contributed by atoms with Gasteiger partial charge in [0.15, 0.2) is 11.7 Å². The van der Waals surface area contributed by atoms with Gasteiger partial charge in [-0.25, -0.2) is 0 Å². The van der Waals surface area contributed by atoms with Crippen molar-refractivity contribution in [2.45, 2.75) is 6.42 Å². The molecule has 0 saturated heterocycles. The number of hydrogen-bond acceptors (Lipinski definition) is 5. The summed E-state index contributed by atoms with van der Waals surface area (Å²) < 4.78 is 12.0. The summed E-state index contributed by atoms with van der Waals surface area (Å²) in [6.45, 7) is 0.393. The van der Waals surface area contributed by atoms with Gasteiger partial charge in [0.1, 0.15) is 11.5 Å². The summed E-state index contributed by atoms with van der Waals surface area (Å²) in [5.41, 5.74) is 2.77. The molecular weight excluding hydrogens is 578 g/mol. The number of thiocarbonyl (C=S) groups is 1. The Hall–Kier alpha value is -4.21. The molecule has 0 heterocycles. The van der Waals surface area contributed by atoms with Gasteiger partial charge in [-0.05, 0) is 82.2 Å². The molecule has 0 atom stereocenters. The summed E-state index contributed by atoms with van der Waals surface area (Å²) >= 11 is 8.79. The molecule has 0 radical (unpaired) electrons. The standard InChI is InChI=1S/C30H26BrN3O4S/c31-26-18-22(14-15-27(26)37-17-16-21-8-3-1-4-9-21)29(36)34-30(39)33-24-11-7-10-23(19-24)32-28(35)20-38-25-12-5-2-6-13-25/h1-15,18-19H,16-17,20H2,(H,32,35)(H2,33,34,36,39). The number of halogens is 1. The van der Waals surface area contributed by atoms with E-state index in [0.717, 1.165) is 6.42 Å². The summed E-state index contributed by atoms with van der Waals surface area (Å²) in [5, 5.41) is 8.53. The third-order valence-electron chi connectivity index (χ3n) is 5.43. The van der Waals surface area contributed by atoms with Crippen molar-refractivity contribution >= 4 is 56.4 Å². The molecule has 4 rings (SSSR count). The number of hydrogen-bond donors (Lipinski definition) is 3. The van der Waals surface area contributed by atoms with Gasteiger partial charge in [-0.15, -0.1) is 0 Å². The Balaban J connectivity index is 1.25. The summed E-state index contributed by atoms with van der Waals surface area (Å²) in [6, 6.07) is 31.3. The molecule has 0 unspecified atom stereocenters. The quantitative estimate of drug-likeness (QED) is 0.187. The van der Waals surface area contributed by atoms with E-state index in [4.69, 9.17) is 21.7 Å². The molecule has 4 aromatic rings. The number of amides is 2. The average molecular weight is 605 g/mol. The molecule has 198 valence electrons. The fraction of sp³-hybridized carbons (Fsp3) is 0.100. The van der Waals surface area contributed by atoms with E-state index in [1.165, 1.54) is 5.56 Å². The van der Waals surface area contributed by atoms with Crippen LogP contribution in [0, 0.1) is 0 Å². The first-order valence-electron chi connectivity index (χ1n) is 12.1. The Kier molecular flexibility index (Phi) is 10.0. The molecule has 0 aliphatic rings. The van der Waals surface area contributed by atoms with E-state index in [-0.39, 0.29) is 23.5 Å². The summed E-state index contributed by atoms with van der Waals surface area (Å²) in [4.78, 5) is 25.0. The maximum absolute atomic E-state index is 12.7. The molecule has 3 N–H and O–H groups in total. The lowest BCUT2D eigenvalue weighted by molar-refractivity contribution is -0.118. The molecule has 9 heteroatoms. The van der Waals surface area contributed by atoms with Gasteiger partial charge in [0.25, 0.3) is 11.8 Å². The van der Waals surface area contributed by atoms with Crippen LogP contribution >= 0.6 is 28.1 Å². The van der Waals surface area contributed by atoms with Crippen molar-refractivity contribution in [1.29, 1.82) is 0 Å². The van der Waals surface area contributed by atoms with Crippen molar-refractivity contribution in [2.75, 3.05) is 23.8 Å². The zero-order chi connectivity index (χ0) is 27.5. The first-order valence-corrected chi connectivity index (χ1v) is 13.3. The van der Waals surface area contributed by atoms with E-state index in [9.17, 15) is 9.59 Å². The fourth-order valence-electron chi connectivity index (χ4n) is 3.56. The highest BCUT2D eigenvalue weighted by Gasteiger charge is 2.12. The second kappa shape index (κ2) is 14.1. The Bertz CT molecular complexity index is 1430. The predicted octanol–water partition coefficient (Wildman–Crippen LogP) is 6.21. The van der Waals surface area contributed by atoms with Crippen LogP contribution in [0.3, 0.4) is 0 Å². The maximum atomic E-state index is 12.7. The van der Waals surface area contributed by atoms with E-state index < -0.39 is 0 Å². The molecule has 2 amide bonds. The Morgan fingerprint density at radius 2 is 1.46 bits per heavy atom. The molecule has 0 spiro atoms. The van der Waals surface area contributed by atoms with Gasteiger partial charge < -0.3 is 20.1 Å². The van der Waals surface area contributed by atoms with Crippen LogP contribution in [0.1, 0.15) is 15.9 Å². The molecule has 0 aliphatic heterocycles. The number of carbonyl (C=O) groups is 2. The van der Waals surface area contributed by atoms with Gasteiger partial charge in [-0.2, -0.15) is 0 Å². The molecule has 0 aromatic heterocycles. The van der Waals surface area contributed by atoms with Gasteiger partial charge in [0.05, 0.1) is 11.1 Å². The average Bonchev–Trinajstić information content (AvgIpc) is 2.94. The predicted molar refractivity (Wildman–Crippen MR) is 160 cm³/mol. The summed E-state index contributed by atoms with van der Waals surface area (Å²) in [7, 11) is 0. The van der Waals surface area contributed by atoms with E-state index in [2.05, 4.69) is 44.0 Å². The number of rotatable bonds is 10. The van der Waals surface area contributed by atoms with Gasteiger partial charge in [-0.3, -0.25) is 14.9 Å². The number of carbonyl (C=O) groups excluding carboxylic acids is 2. The highest BCUT2D eigenvalue weighted by Crippen LogP contribution is 2.26. The van der Waals surface area contributed by atoms with Gasteiger partial charge in [0, 0.05) is 23.4 Å². The first-order chi connectivity index (χ1) is 19.0. The number of nitrogens with one attached hydrogen (secondary N) is 3. The monoisotopic (exact) mass is 603 g/mol. The van der Waals surface area contributed by atoms with Gasteiger partial charge in [0.2, 0.25) is 0 Å². The molecule has 39 heavy (non-hydrogen) atoms. The minimum absolute atomic E-state index is 0.121. The number of anilines is 2. The van der Waals surface area contributed by atoms with Crippen LogP contribution < -0.4 is 25.4 Å². The second-order valence-corrected chi connectivity index (χ2v) is 9.63. The lowest BCUT2D eigenvalue weighted by atomic mass is 10.2. The molecule has 0 aliphatic carbocycles.